The number of primary sulfonamides is 1. The molecule has 1 rings (SSSR count). The van der Waals surface area contributed by atoms with Crippen LogP contribution in [-0.2, 0) is 16.6 Å². The second kappa shape index (κ2) is 6.75. The lowest BCUT2D eigenvalue weighted by Gasteiger charge is -2.22. The average molecular weight is 335 g/mol. The summed E-state index contributed by atoms with van der Waals surface area (Å²) >= 11 is 1.43. The van der Waals surface area contributed by atoms with Gasteiger partial charge in [-0.3, -0.25) is 0 Å². The van der Waals surface area contributed by atoms with E-state index in [1.807, 2.05) is 6.92 Å². The number of thiophene rings is 1. The van der Waals surface area contributed by atoms with Gasteiger partial charge in [-0.25, -0.2) is 13.6 Å². The molecule has 4 N–H and O–H groups in total. The Morgan fingerprint density at radius 2 is 1.86 bits per heavy atom. The molecule has 1 aromatic rings. The molecule has 0 aliphatic rings. The maximum atomic E-state index is 11.7. The Bertz CT molecular complexity index is 586. The van der Waals surface area contributed by atoms with Gasteiger partial charge in [-0.1, -0.05) is 20.8 Å². The SMILES string of the molecule is Cc1sc(C)c(S(N)(=O)=O)c1CNCC(O)CC(C)(C)C. The fourth-order valence-corrected chi connectivity index (χ4v) is 4.91. The van der Waals surface area contributed by atoms with E-state index in [2.05, 4.69) is 26.1 Å². The summed E-state index contributed by atoms with van der Waals surface area (Å²) in [5, 5.41) is 18.4. The Hall–Kier alpha value is -0.470. The lowest BCUT2D eigenvalue weighted by atomic mass is 9.89. The highest BCUT2D eigenvalue weighted by atomic mass is 32.2. The third kappa shape index (κ3) is 5.67. The van der Waals surface area contributed by atoms with Crippen LogP contribution >= 0.6 is 11.3 Å². The topological polar surface area (TPSA) is 92.4 Å². The average Bonchev–Trinajstić information content (AvgIpc) is 2.50. The van der Waals surface area contributed by atoms with Crippen LogP contribution in [0.4, 0.5) is 0 Å². The molecule has 1 unspecified atom stereocenters. The summed E-state index contributed by atoms with van der Waals surface area (Å²) in [7, 11) is -3.71. The van der Waals surface area contributed by atoms with Crippen molar-refractivity contribution < 1.29 is 13.5 Å². The molecule has 1 atom stereocenters. The van der Waals surface area contributed by atoms with Crippen LogP contribution < -0.4 is 10.5 Å². The maximum Gasteiger partial charge on any atom is 0.239 e. The van der Waals surface area contributed by atoms with Crippen molar-refractivity contribution in [2.24, 2.45) is 10.6 Å². The monoisotopic (exact) mass is 334 g/mol. The highest BCUT2D eigenvalue weighted by Gasteiger charge is 2.22. The van der Waals surface area contributed by atoms with E-state index in [0.29, 0.717) is 30.0 Å². The zero-order valence-corrected chi connectivity index (χ0v) is 15.0. The highest BCUT2D eigenvalue weighted by Crippen LogP contribution is 2.30. The van der Waals surface area contributed by atoms with Gasteiger partial charge >= 0.3 is 0 Å². The van der Waals surface area contributed by atoms with Gasteiger partial charge < -0.3 is 10.4 Å². The molecule has 0 aliphatic heterocycles. The maximum absolute atomic E-state index is 11.7. The zero-order chi connectivity index (χ0) is 16.4. The molecular formula is C14H26N2O3S2. The Labute approximate surface area is 131 Å². The molecule has 0 radical (unpaired) electrons. The predicted octanol–water partition coefficient (Wildman–Crippen LogP) is 1.90. The molecule has 0 aliphatic carbocycles. The lowest BCUT2D eigenvalue weighted by molar-refractivity contribution is 0.119. The number of hydrogen-bond donors (Lipinski definition) is 3. The number of sulfonamides is 1. The first-order valence-electron chi connectivity index (χ1n) is 6.92. The molecule has 0 amide bonds. The second-order valence-corrected chi connectivity index (χ2v) is 9.54. The van der Waals surface area contributed by atoms with Gasteiger partial charge in [0.05, 0.1) is 6.10 Å². The standard InChI is InChI=1S/C14H26N2O3S2/c1-9-12(13(10(2)20-9)21(15,18)19)8-16-7-11(17)6-14(3,4)5/h11,16-17H,6-8H2,1-5H3,(H2,15,18,19). The molecule has 7 heteroatoms. The van der Waals surface area contributed by atoms with Crippen molar-refractivity contribution in [3.05, 3.63) is 15.3 Å². The van der Waals surface area contributed by atoms with Crippen LogP contribution in [0.15, 0.2) is 4.90 Å². The van der Waals surface area contributed by atoms with Crippen molar-refractivity contribution in [2.45, 2.75) is 58.6 Å². The minimum absolute atomic E-state index is 0.0573. The summed E-state index contributed by atoms with van der Waals surface area (Å²) in [6, 6.07) is 0. The molecular weight excluding hydrogens is 308 g/mol. The number of rotatable bonds is 6. The molecule has 0 fully saturated rings. The summed E-state index contributed by atoms with van der Waals surface area (Å²) in [5.41, 5.74) is 0.768. The van der Waals surface area contributed by atoms with Gasteiger partial charge in [0.25, 0.3) is 0 Å². The molecule has 122 valence electrons. The lowest BCUT2D eigenvalue weighted by Crippen LogP contribution is -2.30. The largest absolute Gasteiger partial charge is 0.392 e. The van der Waals surface area contributed by atoms with Gasteiger partial charge in [0.2, 0.25) is 10.0 Å². The number of aliphatic hydroxyl groups is 1. The van der Waals surface area contributed by atoms with Crippen molar-refractivity contribution in [1.82, 2.24) is 5.32 Å². The van der Waals surface area contributed by atoms with Gasteiger partial charge in [0.1, 0.15) is 4.90 Å². The van der Waals surface area contributed by atoms with Crippen LogP contribution in [-0.4, -0.2) is 26.2 Å². The molecule has 0 saturated carbocycles. The molecule has 1 aromatic heterocycles. The number of aliphatic hydroxyl groups excluding tert-OH is 1. The predicted molar refractivity (Wildman–Crippen MR) is 87.0 cm³/mol. The van der Waals surface area contributed by atoms with E-state index >= 15 is 0 Å². The van der Waals surface area contributed by atoms with E-state index in [1.165, 1.54) is 11.3 Å². The van der Waals surface area contributed by atoms with Gasteiger partial charge in [0.15, 0.2) is 0 Å². The third-order valence-corrected chi connectivity index (χ3v) is 5.45. The van der Waals surface area contributed by atoms with Gasteiger partial charge in [-0.15, -0.1) is 11.3 Å². The first kappa shape index (κ1) is 18.6. The Kier molecular flexibility index (Phi) is 5.97. The van der Waals surface area contributed by atoms with Crippen molar-refractivity contribution in [2.75, 3.05) is 6.54 Å². The second-order valence-electron chi connectivity index (χ2n) is 6.62. The van der Waals surface area contributed by atoms with Crippen molar-refractivity contribution >= 4 is 21.4 Å². The van der Waals surface area contributed by atoms with E-state index in [0.717, 1.165) is 4.88 Å². The van der Waals surface area contributed by atoms with Crippen LogP contribution in [0.2, 0.25) is 0 Å². The first-order valence-corrected chi connectivity index (χ1v) is 9.28. The van der Waals surface area contributed by atoms with Crippen LogP contribution in [0.25, 0.3) is 0 Å². The fraction of sp³-hybridized carbons (Fsp3) is 0.714. The van der Waals surface area contributed by atoms with Crippen LogP contribution in [0, 0.1) is 19.3 Å². The van der Waals surface area contributed by atoms with E-state index in [1.54, 1.807) is 6.92 Å². The first-order chi connectivity index (χ1) is 9.42. The summed E-state index contributed by atoms with van der Waals surface area (Å²) in [6.45, 7) is 10.7. The quantitative estimate of drug-likeness (QED) is 0.741. The minimum Gasteiger partial charge on any atom is -0.392 e. The summed E-state index contributed by atoms with van der Waals surface area (Å²) in [4.78, 5) is 1.87. The molecule has 1 heterocycles. The van der Waals surface area contributed by atoms with Gasteiger partial charge in [0, 0.05) is 22.8 Å². The van der Waals surface area contributed by atoms with Crippen molar-refractivity contribution in [3.8, 4) is 0 Å². The molecule has 0 aromatic carbocycles. The summed E-state index contributed by atoms with van der Waals surface area (Å²) in [5.74, 6) is 0. The van der Waals surface area contributed by atoms with Gasteiger partial charge in [-0.2, -0.15) is 0 Å². The van der Waals surface area contributed by atoms with E-state index < -0.39 is 16.1 Å². The fourth-order valence-electron chi connectivity index (χ4n) is 2.43. The van der Waals surface area contributed by atoms with Crippen molar-refractivity contribution in [3.63, 3.8) is 0 Å². The zero-order valence-electron chi connectivity index (χ0n) is 13.4. The normalized spacial score (nSPS) is 14.4. The molecule has 0 saturated heterocycles. The van der Waals surface area contributed by atoms with Crippen LogP contribution in [0.5, 0.6) is 0 Å². The number of nitrogens with two attached hydrogens (primary N) is 1. The molecule has 5 nitrogen and oxygen atoms in total. The summed E-state index contributed by atoms with van der Waals surface area (Å²) < 4.78 is 23.4. The molecule has 0 spiro atoms. The Balaban J connectivity index is 2.73. The van der Waals surface area contributed by atoms with Crippen LogP contribution in [0.1, 0.15) is 42.5 Å². The molecule has 0 bridgehead atoms. The van der Waals surface area contributed by atoms with E-state index in [4.69, 9.17) is 5.14 Å². The number of nitrogens with one attached hydrogen (secondary N) is 1. The van der Waals surface area contributed by atoms with Gasteiger partial charge in [-0.05, 0) is 31.2 Å². The highest BCUT2D eigenvalue weighted by molar-refractivity contribution is 7.89. The minimum atomic E-state index is -3.71. The molecule has 21 heavy (non-hydrogen) atoms. The summed E-state index contributed by atoms with van der Waals surface area (Å²) in [6.07, 6.45) is 0.229. The number of aryl methyl sites for hydroxylation is 2. The number of hydrogen-bond acceptors (Lipinski definition) is 5. The Morgan fingerprint density at radius 1 is 1.29 bits per heavy atom. The van der Waals surface area contributed by atoms with Crippen molar-refractivity contribution in [1.29, 1.82) is 0 Å². The smallest absolute Gasteiger partial charge is 0.239 e. The van der Waals surface area contributed by atoms with E-state index in [-0.39, 0.29) is 10.3 Å². The Morgan fingerprint density at radius 3 is 2.33 bits per heavy atom. The van der Waals surface area contributed by atoms with E-state index in [9.17, 15) is 13.5 Å². The third-order valence-electron chi connectivity index (χ3n) is 3.14. The van der Waals surface area contributed by atoms with Crippen LogP contribution in [0.3, 0.4) is 0 Å².